The molecule has 0 amide bonds. The summed E-state index contributed by atoms with van der Waals surface area (Å²) in [6, 6.07) is 4.52. The molecule has 1 aromatic heterocycles. The molecule has 2 fully saturated rings. The summed E-state index contributed by atoms with van der Waals surface area (Å²) in [4.78, 5) is 6.82. The maximum Gasteiger partial charge on any atom is 0.213 e. The first-order valence-corrected chi connectivity index (χ1v) is 9.34. The average molecular weight is 333 g/mol. The van der Waals surface area contributed by atoms with Crippen molar-refractivity contribution in [3.05, 3.63) is 18.3 Å². The van der Waals surface area contributed by atoms with E-state index in [1.54, 1.807) is 0 Å². The summed E-state index contributed by atoms with van der Waals surface area (Å²) in [7, 11) is 2.16. The highest BCUT2D eigenvalue weighted by Crippen LogP contribution is 2.23. The lowest BCUT2D eigenvalue weighted by atomic mass is 9.93. The number of hydrogen-bond acceptors (Lipinski definition) is 5. The molecule has 0 aliphatic carbocycles. The first kappa shape index (κ1) is 17.5. The fourth-order valence-corrected chi connectivity index (χ4v) is 3.63. The second-order valence-corrected chi connectivity index (χ2v) is 7.34. The summed E-state index contributed by atoms with van der Waals surface area (Å²) >= 11 is 0. The van der Waals surface area contributed by atoms with Crippen LogP contribution in [0.4, 0.5) is 5.69 Å². The van der Waals surface area contributed by atoms with Crippen LogP contribution in [0.25, 0.3) is 0 Å². The van der Waals surface area contributed by atoms with E-state index in [-0.39, 0.29) is 0 Å². The van der Waals surface area contributed by atoms with E-state index >= 15 is 0 Å². The highest BCUT2D eigenvalue weighted by Gasteiger charge is 2.19. The van der Waals surface area contributed by atoms with E-state index in [0.717, 1.165) is 56.6 Å². The summed E-state index contributed by atoms with van der Waals surface area (Å²) < 4.78 is 11.4. The van der Waals surface area contributed by atoms with Crippen LogP contribution in [0.5, 0.6) is 5.88 Å². The van der Waals surface area contributed by atoms with Crippen molar-refractivity contribution >= 4 is 5.69 Å². The predicted molar refractivity (Wildman–Crippen MR) is 96.6 cm³/mol. The van der Waals surface area contributed by atoms with Crippen molar-refractivity contribution < 1.29 is 9.47 Å². The molecular weight excluding hydrogens is 302 g/mol. The van der Waals surface area contributed by atoms with E-state index in [4.69, 9.17) is 9.47 Å². The lowest BCUT2D eigenvalue weighted by Gasteiger charge is -2.29. The zero-order chi connectivity index (χ0) is 16.8. The Bertz CT molecular complexity index is 480. The minimum Gasteiger partial charge on any atom is -0.474 e. The van der Waals surface area contributed by atoms with Gasteiger partial charge in [0.25, 0.3) is 0 Å². The van der Waals surface area contributed by atoms with Crippen molar-refractivity contribution in [2.24, 2.45) is 5.92 Å². The van der Waals surface area contributed by atoms with E-state index in [1.807, 2.05) is 12.3 Å². The lowest BCUT2D eigenvalue weighted by Crippen LogP contribution is -2.35. The van der Waals surface area contributed by atoms with Crippen LogP contribution in [0.2, 0.25) is 0 Å². The summed E-state index contributed by atoms with van der Waals surface area (Å²) in [6.45, 7) is 6.30. The molecule has 3 rings (SSSR count). The Morgan fingerprint density at radius 2 is 2.00 bits per heavy atom. The highest BCUT2D eigenvalue weighted by atomic mass is 16.5. The summed E-state index contributed by atoms with van der Waals surface area (Å²) in [5.74, 6) is 1.52. The third-order valence-corrected chi connectivity index (χ3v) is 5.13. The van der Waals surface area contributed by atoms with Gasteiger partial charge >= 0.3 is 0 Å². The van der Waals surface area contributed by atoms with Gasteiger partial charge in [0.1, 0.15) is 6.10 Å². The van der Waals surface area contributed by atoms with Crippen LogP contribution in [-0.2, 0) is 4.74 Å². The largest absolute Gasteiger partial charge is 0.474 e. The number of ether oxygens (including phenoxy) is 2. The third-order valence-electron chi connectivity index (χ3n) is 5.13. The fourth-order valence-electron chi connectivity index (χ4n) is 3.63. The Morgan fingerprint density at radius 3 is 2.67 bits per heavy atom. The molecule has 0 bridgehead atoms. The zero-order valence-corrected chi connectivity index (χ0v) is 15.0. The molecule has 1 N–H and O–H groups in total. The number of nitrogens with zero attached hydrogens (tertiary/aromatic N) is 2. The van der Waals surface area contributed by atoms with Gasteiger partial charge in [-0.3, -0.25) is 0 Å². The Hall–Kier alpha value is -1.33. The second kappa shape index (κ2) is 8.67. The van der Waals surface area contributed by atoms with Crippen LogP contribution in [0.15, 0.2) is 18.3 Å². The molecule has 134 valence electrons. The first-order chi connectivity index (χ1) is 11.7. The Balaban J connectivity index is 1.43. The van der Waals surface area contributed by atoms with E-state index in [9.17, 15) is 0 Å². The molecule has 0 radical (unpaired) electrons. The monoisotopic (exact) mass is 333 g/mol. The number of likely N-dealkylation sites (tertiary alicyclic amines) is 1. The van der Waals surface area contributed by atoms with Gasteiger partial charge in [0.15, 0.2) is 0 Å². The van der Waals surface area contributed by atoms with Gasteiger partial charge in [0.05, 0.1) is 11.9 Å². The normalized spacial score (nSPS) is 22.2. The lowest BCUT2D eigenvalue weighted by molar-refractivity contribution is 0.0629. The van der Waals surface area contributed by atoms with Crippen molar-refractivity contribution in [2.75, 3.05) is 38.7 Å². The van der Waals surface area contributed by atoms with Gasteiger partial charge in [0, 0.05) is 38.4 Å². The molecule has 2 aliphatic rings. The maximum absolute atomic E-state index is 6.01. The molecule has 2 saturated heterocycles. The molecule has 3 heterocycles. The van der Waals surface area contributed by atoms with Crippen molar-refractivity contribution in [2.45, 2.75) is 51.2 Å². The molecule has 1 aromatic rings. The van der Waals surface area contributed by atoms with Gasteiger partial charge in [-0.2, -0.15) is 0 Å². The minimum atomic E-state index is 0.306. The average Bonchev–Trinajstić information content (AvgIpc) is 2.59. The van der Waals surface area contributed by atoms with Gasteiger partial charge < -0.3 is 19.7 Å². The minimum absolute atomic E-state index is 0.306. The molecule has 1 atom stereocenters. The molecule has 0 unspecified atom stereocenters. The van der Waals surface area contributed by atoms with Crippen molar-refractivity contribution in [3.63, 3.8) is 0 Å². The van der Waals surface area contributed by atoms with Gasteiger partial charge in [-0.1, -0.05) is 0 Å². The van der Waals surface area contributed by atoms with Crippen LogP contribution in [0.1, 0.15) is 39.0 Å². The number of rotatable bonds is 6. The van der Waals surface area contributed by atoms with Crippen LogP contribution >= 0.6 is 0 Å². The van der Waals surface area contributed by atoms with E-state index < -0.39 is 0 Å². The summed E-state index contributed by atoms with van der Waals surface area (Å²) in [6.07, 6.45) is 7.93. The Kier molecular flexibility index (Phi) is 6.32. The molecule has 24 heavy (non-hydrogen) atoms. The summed E-state index contributed by atoms with van der Waals surface area (Å²) in [5, 5.41) is 3.56. The number of nitrogens with one attached hydrogen (secondary N) is 1. The second-order valence-electron chi connectivity index (χ2n) is 7.34. The number of aromatic nitrogens is 1. The zero-order valence-electron chi connectivity index (χ0n) is 15.0. The third kappa shape index (κ3) is 5.35. The SMILES string of the molecule is C[C@H](CC1CCOCC1)Nc1ccc(OC2CCN(C)CC2)nc1. The Morgan fingerprint density at radius 1 is 1.25 bits per heavy atom. The number of pyridine rings is 1. The number of piperidine rings is 1. The smallest absolute Gasteiger partial charge is 0.213 e. The van der Waals surface area contributed by atoms with Crippen LogP contribution in [0, 0.1) is 5.92 Å². The quantitative estimate of drug-likeness (QED) is 0.866. The van der Waals surface area contributed by atoms with Crippen LogP contribution < -0.4 is 10.1 Å². The molecule has 2 aliphatic heterocycles. The first-order valence-electron chi connectivity index (χ1n) is 9.34. The van der Waals surface area contributed by atoms with E-state index in [0.29, 0.717) is 12.1 Å². The van der Waals surface area contributed by atoms with Crippen LogP contribution in [-0.4, -0.2) is 55.4 Å². The van der Waals surface area contributed by atoms with E-state index in [2.05, 4.69) is 35.2 Å². The molecule has 0 saturated carbocycles. The summed E-state index contributed by atoms with van der Waals surface area (Å²) in [5.41, 5.74) is 1.07. The standard InChI is InChI=1S/C19H31N3O2/c1-15(13-16-7-11-23-12-8-16)21-17-3-4-19(20-14-17)24-18-5-9-22(2)10-6-18/h3-4,14-16,18,21H,5-13H2,1-2H3/t15-/m1/s1. The highest BCUT2D eigenvalue weighted by molar-refractivity contribution is 5.42. The van der Waals surface area contributed by atoms with Crippen LogP contribution in [0.3, 0.4) is 0 Å². The van der Waals surface area contributed by atoms with Gasteiger partial charge in [-0.15, -0.1) is 0 Å². The van der Waals surface area contributed by atoms with Crippen molar-refractivity contribution in [1.82, 2.24) is 9.88 Å². The predicted octanol–water partition coefficient (Wildman–Crippen LogP) is 3.17. The fraction of sp³-hybridized carbons (Fsp3) is 0.737. The van der Waals surface area contributed by atoms with Crippen molar-refractivity contribution in [1.29, 1.82) is 0 Å². The Labute approximate surface area is 145 Å². The topological polar surface area (TPSA) is 46.6 Å². The maximum atomic E-state index is 6.01. The van der Waals surface area contributed by atoms with Crippen molar-refractivity contribution in [3.8, 4) is 5.88 Å². The van der Waals surface area contributed by atoms with Gasteiger partial charge in [-0.25, -0.2) is 4.98 Å². The molecule has 5 nitrogen and oxygen atoms in total. The number of hydrogen-bond donors (Lipinski definition) is 1. The molecule has 0 spiro atoms. The molecular formula is C19H31N3O2. The van der Waals surface area contributed by atoms with Gasteiger partial charge in [0.2, 0.25) is 5.88 Å². The van der Waals surface area contributed by atoms with E-state index in [1.165, 1.54) is 19.3 Å². The molecule has 5 heteroatoms. The number of anilines is 1. The van der Waals surface area contributed by atoms with Gasteiger partial charge in [-0.05, 0) is 58.1 Å². The molecule has 0 aromatic carbocycles.